The van der Waals surface area contributed by atoms with E-state index in [2.05, 4.69) is 24.1 Å². The third-order valence-corrected chi connectivity index (χ3v) is 3.83. The smallest absolute Gasteiger partial charge is 0.124 e. The maximum absolute atomic E-state index is 13.0. The second-order valence-corrected chi connectivity index (χ2v) is 4.89. The molecule has 94 valence electrons. The van der Waals surface area contributed by atoms with Crippen LogP contribution in [0.25, 0.3) is 0 Å². The van der Waals surface area contributed by atoms with E-state index in [0.29, 0.717) is 11.1 Å². The maximum Gasteiger partial charge on any atom is 0.124 e. The first-order valence-electron chi connectivity index (χ1n) is 6.05. The predicted molar refractivity (Wildman–Crippen MR) is 68.9 cm³/mol. The Kier molecular flexibility index (Phi) is 4.02. The Morgan fingerprint density at radius 1 is 1.53 bits per heavy atom. The van der Waals surface area contributed by atoms with Gasteiger partial charge in [0.1, 0.15) is 5.82 Å². The maximum atomic E-state index is 13.0. The van der Waals surface area contributed by atoms with Crippen molar-refractivity contribution in [1.29, 1.82) is 0 Å². The quantitative estimate of drug-likeness (QED) is 0.891. The van der Waals surface area contributed by atoms with Crippen LogP contribution in [-0.4, -0.2) is 30.6 Å². The standard InChI is InChI=1S/C13H18ClFN2/c1-3-17(11-7-16-8-11)9(2)12-5-4-10(15)6-13(12)14/h4-6,9,11,16H,3,7-8H2,1-2H3. The molecule has 1 atom stereocenters. The minimum atomic E-state index is -0.278. The lowest BCUT2D eigenvalue weighted by molar-refractivity contribution is 0.110. The third kappa shape index (κ3) is 2.62. The molecule has 1 unspecified atom stereocenters. The van der Waals surface area contributed by atoms with Crippen molar-refractivity contribution in [2.24, 2.45) is 0 Å². The van der Waals surface area contributed by atoms with E-state index in [1.165, 1.54) is 12.1 Å². The lowest BCUT2D eigenvalue weighted by atomic mass is 10.0. The molecule has 1 aliphatic rings. The van der Waals surface area contributed by atoms with E-state index in [0.717, 1.165) is 25.2 Å². The van der Waals surface area contributed by atoms with Crippen LogP contribution in [0.5, 0.6) is 0 Å². The molecule has 1 aromatic carbocycles. The van der Waals surface area contributed by atoms with Crippen molar-refractivity contribution in [3.63, 3.8) is 0 Å². The van der Waals surface area contributed by atoms with Crippen LogP contribution < -0.4 is 5.32 Å². The summed E-state index contributed by atoms with van der Waals surface area (Å²) in [6.45, 7) is 7.29. The van der Waals surface area contributed by atoms with Crippen LogP contribution >= 0.6 is 11.6 Å². The van der Waals surface area contributed by atoms with Gasteiger partial charge in [0.05, 0.1) is 0 Å². The molecular weight excluding hydrogens is 239 g/mol. The van der Waals surface area contributed by atoms with E-state index in [9.17, 15) is 4.39 Å². The van der Waals surface area contributed by atoms with Gasteiger partial charge in [0, 0.05) is 30.2 Å². The molecule has 0 bridgehead atoms. The van der Waals surface area contributed by atoms with Gasteiger partial charge in [0.2, 0.25) is 0 Å². The number of rotatable bonds is 4. The van der Waals surface area contributed by atoms with E-state index >= 15 is 0 Å². The summed E-state index contributed by atoms with van der Waals surface area (Å²) in [7, 11) is 0. The molecule has 0 aliphatic carbocycles. The van der Waals surface area contributed by atoms with Crippen LogP contribution in [0.15, 0.2) is 18.2 Å². The van der Waals surface area contributed by atoms with Gasteiger partial charge < -0.3 is 5.32 Å². The largest absolute Gasteiger partial charge is 0.314 e. The highest BCUT2D eigenvalue weighted by molar-refractivity contribution is 6.31. The van der Waals surface area contributed by atoms with E-state index < -0.39 is 0 Å². The number of halogens is 2. The van der Waals surface area contributed by atoms with Gasteiger partial charge in [-0.2, -0.15) is 0 Å². The van der Waals surface area contributed by atoms with Gasteiger partial charge in [-0.1, -0.05) is 24.6 Å². The lowest BCUT2D eigenvalue weighted by Gasteiger charge is -2.41. The van der Waals surface area contributed by atoms with Crippen LogP contribution in [0.1, 0.15) is 25.5 Å². The molecule has 1 N–H and O–H groups in total. The summed E-state index contributed by atoms with van der Waals surface area (Å²) in [6.07, 6.45) is 0. The Labute approximate surface area is 107 Å². The van der Waals surface area contributed by atoms with Gasteiger partial charge in [-0.25, -0.2) is 4.39 Å². The first-order chi connectivity index (χ1) is 8.13. The SMILES string of the molecule is CCN(C1CNC1)C(C)c1ccc(F)cc1Cl. The lowest BCUT2D eigenvalue weighted by Crippen LogP contribution is -2.57. The minimum Gasteiger partial charge on any atom is -0.314 e. The fourth-order valence-electron chi connectivity index (χ4n) is 2.38. The highest BCUT2D eigenvalue weighted by Crippen LogP contribution is 2.29. The molecule has 0 aromatic heterocycles. The summed E-state index contributed by atoms with van der Waals surface area (Å²) < 4.78 is 13.0. The number of likely N-dealkylation sites (N-methyl/N-ethyl adjacent to an activating group) is 1. The fraction of sp³-hybridized carbons (Fsp3) is 0.538. The average molecular weight is 257 g/mol. The molecular formula is C13H18ClFN2. The Hall–Kier alpha value is -0.640. The number of benzene rings is 1. The summed E-state index contributed by atoms with van der Waals surface area (Å²) in [5.41, 5.74) is 1.00. The van der Waals surface area contributed by atoms with E-state index in [4.69, 9.17) is 11.6 Å². The van der Waals surface area contributed by atoms with Gasteiger partial charge in [0.25, 0.3) is 0 Å². The molecule has 1 aliphatic heterocycles. The summed E-state index contributed by atoms with van der Waals surface area (Å²) in [5.74, 6) is -0.278. The second kappa shape index (κ2) is 5.34. The Morgan fingerprint density at radius 2 is 2.24 bits per heavy atom. The molecule has 0 amide bonds. The first-order valence-corrected chi connectivity index (χ1v) is 6.42. The fourth-order valence-corrected chi connectivity index (χ4v) is 2.70. The highest BCUT2D eigenvalue weighted by Gasteiger charge is 2.28. The van der Waals surface area contributed by atoms with Gasteiger partial charge in [0.15, 0.2) is 0 Å². The van der Waals surface area contributed by atoms with Crippen molar-refractivity contribution < 1.29 is 4.39 Å². The number of hydrogen-bond donors (Lipinski definition) is 1. The van der Waals surface area contributed by atoms with Crippen molar-refractivity contribution in [2.75, 3.05) is 19.6 Å². The minimum absolute atomic E-state index is 0.222. The van der Waals surface area contributed by atoms with Crippen molar-refractivity contribution in [3.8, 4) is 0 Å². The molecule has 0 radical (unpaired) electrons. The normalized spacial score (nSPS) is 18.2. The monoisotopic (exact) mass is 256 g/mol. The Bertz CT molecular complexity index is 393. The topological polar surface area (TPSA) is 15.3 Å². The predicted octanol–water partition coefficient (Wildman–Crippen LogP) is 2.83. The Balaban J connectivity index is 2.19. The van der Waals surface area contributed by atoms with E-state index in [-0.39, 0.29) is 11.9 Å². The molecule has 0 spiro atoms. The molecule has 0 saturated carbocycles. The van der Waals surface area contributed by atoms with Crippen molar-refractivity contribution in [1.82, 2.24) is 10.2 Å². The van der Waals surface area contributed by atoms with Crippen LogP contribution in [-0.2, 0) is 0 Å². The van der Waals surface area contributed by atoms with Gasteiger partial charge in [-0.15, -0.1) is 0 Å². The van der Waals surface area contributed by atoms with Crippen molar-refractivity contribution >= 4 is 11.6 Å². The summed E-state index contributed by atoms with van der Waals surface area (Å²) >= 11 is 6.11. The molecule has 1 fully saturated rings. The zero-order valence-corrected chi connectivity index (χ0v) is 11.0. The molecule has 1 saturated heterocycles. The molecule has 4 heteroatoms. The van der Waals surface area contributed by atoms with E-state index in [1.54, 1.807) is 6.07 Å². The molecule has 2 rings (SSSR count). The van der Waals surface area contributed by atoms with Crippen LogP contribution in [0.2, 0.25) is 5.02 Å². The van der Waals surface area contributed by atoms with Gasteiger partial charge >= 0.3 is 0 Å². The molecule has 1 heterocycles. The van der Waals surface area contributed by atoms with Crippen LogP contribution in [0.3, 0.4) is 0 Å². The average Bonchev–Trinajstić information content (AvgIpc) is 2.22. The molecule has 2 nitrogen and oxygen atoms in total. The van der Waals surface area contributed by atoms with Crippen molar-refractivity contribution in [3.05, 3.63) is 34.6 Å². The van der Waals surface area contributed by atoms with Gasteiger partial charge in [-0.05, 0) is 31.2 Å². The Morgan fingerprint density at radius 3 is 2.71 bits per heavy atom. The van der Waals surface area contributed by atoms with Gasteiger partial charge in [-0.3, -0.25) is 4.90 Å². The second-order valence-electron chi connectivity index (χ2n) is 4.48. The van der Waals surface area contributed by atoms with Crippen LogP contribution in [0, 0.1) is 5.82 Å². The molecule has 17 heavy (non-hydrogen) atoms. The molecule has 1 aromatic rings. The van der Waals surface area contributed by atoms with E-state index in [1.807, 2.05) is 0 Å². The number of nitrogens with zero attached hydrogens (tertiary/aromatic N) is 1. The number of nitrogens with one attached hydrogen (secondary N) is 1. The first kappa shape index (κ1) is 12.8. The zero-order chi connectivity index (χ0) is 12.4. The highest BCUT2D eigenvalue weighted by atomic mass is 35.5. The zero-order valence-electron chi connectivity index (χ0n) is 10.2. The summed E-state index contributed by atoms with van der Waals surface area (Å²) in [5, 5.41) is 3.79. The summed E-state index contributed by atoms with van der Waals surface area (Å²) in [6, 6.07) is 5.44. The van der Waals surface area contributed by atoms with Crippen molar-refractivity contribution in [2.45, 2.75) is 25.9 Å². The summed E-state index contributed by atoms with van der Waals surface area (Å²) in [4.78, 5) is 2.40. The third-order valence-electron chi connectivity index (χ3n) is 3.50. The van der Waals surface area contributed by atoms with Crippen LogP contribution in [0.4, 0.5) is 4.39 Å². The number of hydrogen-bond acceptors (Lipinski definition) is 2.